The second-order valence-electron chi connectivity index (χ2n) is 3.59. The molecule has 1 aromatic carbocycles. The molecule has 1 amide bonds. The largest absolute Gasteiger partial charge is 0.484 e. The molecule has 0 radical (unpaired) electrons. The highest BCUT2D eigenvalue weighted by atomic mass is 16.5. The van der Waals surface area contributed by atoms with Crippen LogP contribution in [0.4, 0.5) is 0 Å². The lowest BCUT2D eigenvalue weighted by Gasteiger charge is -2.04. The summed E-state index contributed by atoms with van der Waals surface area (Å²) < 4.78 is 10.1. The number of nitrogens with two attached hydrogens (primary N) is 1. The van der Waals surface area contributed by atoms with Crippen LogP contribution in [-0.2, 0) is 4.79 Å². The molecule has 0 unspecified atom stereocenters. The number of hydrogen-bond acceptors (Lipinski definition) is 4. The summed E-state index contributed by atoms with van der Waals surface area (Å²) in [5, 5.41) is 0. The number of furan rings is 1. The molecule has 0 saturated carbocycles. The molecular weight excluding hydrogens is 234 g/mol. The molecule has 5 nitrogen and oxygen atoms in total. The monoisotopic (exact) mass is 245 g/mol. The average molecular weight is 245 g/mol. The SMILES string of the molecule is NC(=O)COc1ccc(C(=O)c2ccco2)cc1. The van der Waals surface area contributed by atoms with Crippen LogP contribution >= 0.6 is 0 Å². The van der Waals surface area contributed by atoms with Crippen LogP contribution in [0.2, 0.25) is 0 Å². The smallest absolute Gasteiger partial charge is 0.255 e. The zero-order chi connectivity index (χ0) is 13.0. The molecule has 18 heavy (non-hydrogen) atoms. The Morgan fingerprint density at radius 3 is 2.44 bits per heavy atom. The van der Waals surface area contributed by atoms with Crippen molar-refractivity contribution < 1.29 is 18.7 Å². The number of carbonyl (C=O) groups is 2. The number of amides is 1. The first-order chi connectivity index (χ1) is 8.66. The van der Waals surface area contributed by atoms with Gasteiger partial charge in [-0.15, -0.1) is 0 Å². The van der Waals surface area contributed by atoms with Crippen molar-refractivity contribution in [3.05, 3.63) is 54.0 Å². The fraction of sp³-hybridized carbons (Fsp3) is 0.0769. The third kappa shape index (κ3) is 2.76. The fourth-order valence-electron chi connectivity index (χ4n) is 1.41. The Kier molecular flexibility index (Phi) is 3.43. The van der Waals surface area contributed by atoms with E-state index in [4.69, 9.17) is 14.9 Å². The van der Waals surface area contributed by atoms with Crippen molar-refractivity contribution in [3.63, 3.8) is 0 Å². The maximum Gasteiger partial charge on any atom is 0.255 e. The Hall–Kier alpha value is -2.56. The standard InChI is InChI=1S/C13H11NO4/c14-12(15)8-18-10-5-3-9(4-6-10)13(16)11-2-1-7-17-11/h1-7H,8H2,(H2,14,15). The van der Waals surface area contributed by atoms with E-state index in [9.17, 15) is 9.59 Å². The van der Waals surface area contributed by atoms with Crippen molar-refractivity contribution in [3.8, 4) is 5.75 Å². The molecule has 0 fully saturated rings. The van der Waals surface area contributed by atoms with Crippen molar-refractivity contribution in [2.45, 2.75) is 0 Å². The molecule has 0 aliphatic rings. The van der Waals surface area contributed by atoms with E-state index >= 15 is 0 Å². The Morgan fingerprint density at radius 1 is 1.17 bits per heavy atom. The van der Waals surface area contributed by atoms with Crippen LogP contribution in [0.5, 0.6) is 5.75 Å². The van der Waals surface area contributed by atoms with E-state index in [-0.39, 0.29) is 18.2 Å². The Balaban J connectivity index is 2.08. The maximum atomic E-state index is 11.9. The highest BCUT2D eigenvalue weighted by molar-refractivity contribution is 6.07. The van der Waals surface area contributed by atoms with Crippen LogP contribution in [0.3, 0.4) is 0 Å². The molecule has 2 rings (SSSR count). The quantitative estimate of drug-likeness (QED) is 0.806. The molecule has 2 aromatic rings. The normalized spacial score (nSPS) is 10.0. The number of carbonyl (C=O) groups excluding carboxylic acids is 2. The highest BCUT2D eigenvalue weighted by Gasteiger charge is 2.11. The fourth-order valence-corrected chi connectivity index (χ4v) is 1.41. The molecule has 0 aliphatic heterocycles. The number of ketones is 1. The van der Waals surface area contributed by atoms with Crippen LogP contribution in [0.1, 0.15) is 16.1 Å². The molecule has 5 heteroatoms. The predicted molar refractivity (Wildman–Crippen MR) is 63.3 cm³/mol. The number of rotatable bonds is 5. The van der Waals surface area contributed by atoms with Gasteiger partial charge < -0.3 is 14.9 Å². The Morgan fingerprint density at radius 2 is 1.89 bits per heavy atom. The third-order valence-electron chi connectivity index (χ3n) is 2.24. The first kappa shape index (κ1) is 11.9. The molecule has 1 heterocycles. The van der Waals surface area contributed by atoms with Crippen molar-refractivity contribution in [1.82, 2.24) is 0 Å². The second kappa shape index (κ2) is 5.18. The Labute approximate surface area is 103 Å². The molecule has 0 spiro atoms. The topological polar surface area (TPSA) is 82.5 Å². The van der Waals surface area contributed by atoms with Crippen LogP contribution in [0.15, 0.2) is 47.1 Å². The number of benzene rings is 1. The van der Waals surface area contributed by atoms with Crippen molar-refractivity contribution in [2.24, 2.45) is 5.73 Å². The Bertz CT molecular complexity index is 543. The first-order valence-electron chi connectivity index (χ1n) is 5.26. The van der Waals surface area contributed by atoms with Crippen LogP contribution < -0.4 is 10.5 Å². The maximum absolute atomic E-state index is 11.9. The summed E-state index contributed by atoms with van der Waals surface area (Å²) in [5.41, 5.74) is 5.43. The van der Waals surface area contributed by atoms with Gasteiger partial charge in [0.25, 0.3) is 5.91 Å². The summed E-state index contributed by atoms with van der Waals surface area (Å²) in [6, 6.07) is 9.64. The number of ether oxygens (including phenoxy) is 1. The van der Waals surface area contributed by atoms with Gasteiger partial charge >= 0.3 is 0 Å². The molecule has 2 N–H and O–H groups in total. The average Bonchev–Trinajstić information content (AvgIpc) is 2.90. The van der Waals surface area contributed by atoms with Gasteiger partial charge in [-0.2, -0.15) is 0 Å². The minimum absolute atomic E-state index is 0.189. The summed E-state index contributed by atoms with van der Waals surface area (Å²) >= 11 is 0. The zero-order valence-corrected chi connectivity index (χ0v) is 9.46. The van der Waals surface area contributed by atoms with Gasteiger partial charge in [0.15, 0.2) is 12.4 Å². The molecule has 0 saturated heterocycles. The molecule has 0 bridgehead atoms. The molecule has 0 atom stereocenters. The van der Waals surface area contributed by atoms with Crippen LogP contribution in [-0.4, -0.2) is 18.3 Å². The van der Waals surface area contributed by atoms with Gasteiger partial charge in [-0.05, 0) is 36.4 Å². The van der Waals surface area contributed by atoms with Crippen LogP contribution in [0, 0.1) is 0 Å². The molecule has 0 aliphatic carbocycles. The van der Waals surface area contributed by atoms with E-state index < -0.39 is 5.91 Å². The van der Waals surface area contributed by atoms with E-state index in [0.717, 1.165) is 0 Å². The van der Waals surface area contributed by atoms with Gasteiger partial charge in [0.05, 0.1) is 6.26 Å². The zero-order valence-electron chi connectivity index (χ0n) is 9.46. The summed E-state index contributed by atoms with van der Waals surface area (Å²) in [6.07, 6.45) is 1.44. The lowest BCUT2D eigenvalue weighted by molar-refractivity contribution is -0.119. The van der Waals surface area contributed by atoms with E-state index in [1.807, 2.05) is 0 Å². The van der Waals surface area contributed by atoms with Crippen molar-refractivity contribution in [1.29, 1.82) is 0 Å². The second-order valence-corrected chi connectivity index (χ2v) is 3.59. The van der Waals surface area contributed by atoms with Gasteiger partial charge in [-0.3, -0.25) is 9.59 Å². The van der Waals surface area contributed by atoms with Crippen LogP contribution in [0.25, 0.3) is 0 Å². The van der Waals surface area contributed by atoms with Gasteiger partial charge in [0.1, 0.15) is 5.75 Å². The van der Waals surface area contributed by atoms with Gasteiger partial charge in [0, 0.05) is 5.56 Å². The summed E-state index contributed by atoms with van der Waals surface area (Å²) in [6.45, 7) is -0.189. The molecular formula is C13H11NO4. The van der Waals surface area contributed by atoms with Gasteiger partial charge in [0.2, 0.25) is 5.78 Å². The minimum atomic E-state index is -0.550. The molecule has 1 aromatic heterocycles. The third-order valence-corrected chi connectivity index (χ3v) is 2.24. The highest BCUT2D eigenvalue weighted by Crippen LogP contribution is 2.15. The number of hydrogen-bond donors (Lipinski definition) is 1. The summed E-state index contributed by atoms with van der Waals surface area (Å²) in [7, 11) is 0. The van der Waals surface area contributed by atoms with Gasteiger partial charge in [-0.1, -0.05) is 0 Å². The van der Waals surface area contributed by atoms with Crippen molar-refractivity contribution >= 4 is 11.7 Å². The minimum Gasteiger partial charge on any atom is -0.484 e. The van der Waals surface area contributed by atoms with E-state index in [0.29, 0.717) is 11.3 Å². The summed E-state index contributed by atoms with van der Waals surface area (Å²) in [5.74, 6) is -0.00205. The van der Waals surface area contributed by atoms with E-state index in [1.54, 1.807) is 36.4 Å². The summed E-state index contributed by atoms with van der Waals surface area (Å²) in [4.78, 5) is 22.4. The van der Waals surface area contributed by atoms with Crippen molar-refractivity contribution in [2.75, 3.05) is 6.61 Å². The predicted octanol–water partition coefficient (Wildman–Crippen LogP) is 1.37. The molecule has 92 valence electrons. The van der Waals surface area contributed by atoms with E-state index in [1.165, 1.54) is 6.26 Å². The number of primary amides is 1. The first-order valence-corrected chi connectivity index (χ1v) is 5.26. The lowest BCUT2D eigenvalue weighted by atomic mass is 10.1. The van der Waals surface area contributed by atoms with E-state index in [2.05, 4.69) is 0 Å². The lowest BCUT2D eigenvalue weighted by Crippen LogP contribution is -2.20. The van der Waals surface area contributed by atoms with Gasteiger partial charge in [-0.25, -0.2) is 0 Å².